The van der Waals surface area contributed by atoms with Crippen LogP contribution in [0.5, 0.6) is 0 Å². The summed E-state index contributed by atoms with van der Waals surface area (Å²) in [7, 11) is 0. The third-order valence-electron chi connectivity index (χ3n) is 6.58. The predicted octanol–water partition coefficient (Wildman–Crippen LogP) is 10.8. The van der Waals surface area contributed by atoms with Gasteiger partial charge < -0.3 is 5.32 Å². The minimum Gasteiger partial charge on any atom is -0.350 e. The molecule has 0 bridgehead atoms. The van der Waals surface area contributed by atoms with Crippen molar-refractivity contribution < 1.29 is 35.1 Å². The third kappa shape index (κ3) is 6.54. The lowest BCUT2D eigenvalue weighted by Gasteiger charge is -2.17. The molecule has 1 aromatic heterocycles. The van der Waals surface area contributed by atoms with Crippen LogP contribution in [-0.4, -0.2) is 16.3 Å². The average molecular weight is 634 g/mol. The Balaban J connectivity index is 1.90. The van der Waals surface area contributed by atoms with Gasteiger partial charge in [-0.1, -0.05) is 43.2 Å². The van der Waals surface area contributed by atoms with Gasteiger partial charge in [-0.2, -0.15) is 26.3 Å². The van der Waals surface area contributed by atoms with Crippen LogP contribution in [0.4, 0.5) is 46.5 Å². The molecule has 1 fully saturated rings. The highest BCUT2D eigenvalue weighted by atomic mass is 35.5. The van der Waals surface area contributed by atoms with Crippen molar-refractivity contribution in [1.29, 1.82) is 0 Å². The van der Waals surface area contributed by atoms with Gasteiger partial charge in [-0.05, 0) is 62.1 Å². The monoisotopic (exact) mass is 633 g/mol. The van der Waals surface area contributed by atoms with Crippen molar-refractivity contribution in [3.63, 3.8) is 0 Å². The number of unbranched alkanes of at least 4 members (excludes halogenated alkanes) is 1. The van der Waals surface area contributed by atoms with Crippen molar-refractivity contribution in [1.82, 2.24) is 4.98 Å². The van der Waals surface area contributed by atoms with Gasteiger partial charge in [0, 0.05) is 11.8 Å². The summed E-state index contributed by atoms with van der Waals surface area (Å²) < 4.78 is 113. The van der Waals surface area contributed by atoms with Gasteiger partial charge in [-0.3, -0.25) is 0 Å². The van der Waals surface area contributed by atoms with Crippen LogP contribution in [-0.2, 0) is 11.6 Å². The lowest BCUT2D eigenvalue weighted by Crippen LogP contribution is -2.28. The predicted molar refractivity (Wildman–Crippen MR) is 150 cm³/mol. The molecule has 224 valence electrons. The summed E-state index contributed by atoms with van der Waals surface area (Å²) in [6.07, 6.45) is -4.05. The standard InChI is InChI=1S/C29H24ClF8N3S/c1-3-4-7-17(12-15-39-16(2)30)25-23(41-26(42-25)27(13-14-27)29(36,37)38)18-8-5-11-21(22(18)32)40-24-19(28(33,34)35)9-6-10-20(24)31/h5-12,15,40H,3-4,13-14H2,1-2H3/b15-12-,17-7-,39-16?. The summed E-state index contributed by atoms with van der Waals surface area (Å²) in [4.78, 5) is 8.47. The third-order valence-corrected chi connectivity index (χ3v) is 7.99. The molecule has 1 heterocycles. The van der Waals surface area contributed by atoms with Crippen LogP contribution in [0.2, 0.25) is 0 Å². The molecular weight excluding hydrogens is 610 g/mol. The van der Waals surface area contributed by atoms with Crippen LogP contribution in [0.1, 0.15) is 55.0 Å². The van der Waals surface area contributed by atoms with Crippen LogP contribution in [0, 0.1) is 11.6 Å². The fourth-order valence-electron chi connectivity index (χ4n) is 4.24. The van der Waals surface area contributed by atoms with Crippen LogP contribution in [0.15, 0.2) is 59.7 Å². The Morgan fingerprint density at radius 2 is 1.79 bits per heavy atom. The lowest BCUT2D eigenvalue weighted by molar-refractivity contribution is -0.160. The molecule has 3 nitrogen and oxygen atoms in total. The molecule has 0 amide bonds. The van der Waals surface area contributed by atoms with Gasteiger partial charge in [0.1, 0.15) is 21.4 Å². The first-order valence-electron chi connectivity index (χ1n) is 12.8. The van der Waals surface area contributed by atoms with Crippen molar-refractivity contribution in [3.8, 4) is 11.3 Å². The van der Waals surface area contributed by atoms with Gasteiger partial charge in [0.25, 0.3) is 0 Å². The molecule has 0 unspecified atom stereocenters. The molecule has 1 aliphatic rings. The topological polar surface area (TPSA) is 37.3 Å². The number of rotatable bonds is 9. The molecule has 0 saturated heterocycles. The first-order valence-corrected chi connectivity index (χ1v) is 14.0. The van der Waals surface area contributed by atoms with E-state index in [2.05, 4.69) is 15.3 Å². The molecule has 1 saturated carbocycles. The fourth-order valence-corrected chi connectivity index (χ4v) is 5.66. The van der Waals surface area contributed by atoms with Crippen LogP contribution in [0.3, 0.4) is 0 Å². The summed E-state index contributed by atoms with van der Waals surface area (Å²) >= 11 is 6.57. The first-order chi connectivity index (χ1) is 19.7. The minimum absolute atomic E-state index is 0.130. The second-order valence-corrected chi connectivity index (χ2v) is 11.2. The van der Waals surface area contributed by atoms with Crippen molar-refractivity contribution >= 4 is 45.1 Å². The highest BCUT2D eigenvalue weighted by molar-refractivity contribution is 7.13. The summed E-state index contributed by atoms with van der Waals surface area (Å²) in [6, 6.07) is 5.96. The highest BCUT2D eigenvalue weighted by Gasteiger charge is 2.66. The summed E-state index contributed by atoms with van der Waals surface area (Å²) in [5.41, 5.74) is -5.01. The van der Waals surface area contributed by atoms with E-state index in [1.165, 1.54) is 31.3 Å². The van der Waals surface area contributed by atoms with Gasteiger partial charge in [0.2, 0.25) is 0 Å². The number of hydrogen-bond acceptors (Lipinski definition) is 4. The smallest absolute Gasteiger partial charge is 0.350 e. The number of nitrogens with zero attached hydrogens (tertiary/aromatic N) is 2. The number of anilines is 2. The highest BCUT2D eigenvalue weighted by Crippen LogP contribution is 2.60. The minimum atomic E-state index is -4.94. The number of halogens is 9. The van der Waals surface area contributed by atoms with E-state index >= 15 is 4.39 Å². The molecule has 1 aliphatic carbocycles. The molecule has 4 rings (SSSR count). The molecule has 42 heavy (non-hydrogen) atoms. The maximum absolute atomic E-state index is 16.0. The zero-order valence-electron chi connectivity index (χ0n) is 22.2. The molecule has 3 aromatic rings. The number of allylic oxidation sites excluding steroid dienone is 3. The van der Waals surface area contributed by atoms with E-state index in [1.54, 1.807) is 6.08 Å². The van der Waals surface area contributed by atoms with Crippen molar-refractivity contribution in [3.05, 3.63) is 81.8 Å². The van der Waals surface area contributed by atoms with E-state index in [-0.39, 0.29) is 39.2 Å². The molecule has 2 aromatic carbocycles. The van der Waals surface area contributed by atoms with E-state index in [0.29, 0.717) is 24.5 Å². The number of hydrogen-bond donors (Lipinski definition) is 1. The SMILES string of the molecule is CCC/C=C(/C=C\N=C(C)Cl)c1sc(C2(C(F)(F)F)CC2)nc1-c1cccc(Nc2c(F)cccc2C(F)(F)F)c1F. The number of aromatic nitrogens is 1. The van der Waals surface area contributed by atoms with Gasteiger partial charge in [-0.15, -0.1) is 11.3 Å². The summed E-state index contributed by atoms with van der Waals surface area (Å²) in [5.74, 6) is -2.38. The molecule has 1 N–H and O–H groups in total. The molecule has 0 spiro atoms. The number of aliphatic imine (C=N–C) groups is 1. The largest absolute Gasteiger partial charge is 0.418 e. The maximum Gasteiger partial charge on any atom is 0.418 e. The summed E-state index contributed by atoms with van der Waals surface area (Å²) in [5, 5.41) is 2.15. The van der Waals surface area contributed by atoms with Gasteiger partial charge in [-0.25, -0.2) is 18.8 Å². The van der Waals surface area contributed by atoms with Crippen molar-refractivity contribution in [2.24, 2.45) is 4.99 Å². The Hall–Kier alpha value is -3.25. The van der Waals surface area contributed by atoms with Crippen LogP contribution in [0.25, 0.3) is 16.8 Å². The Morgan fingerprint density at radius 3 is 2.38 bits per heavy atom. The Labute approximate surface area is 245 Å². The fraction of sp³-hybridized carbons (Fsp3) is 0.310. The van der Waals surface area contributed by atoms with E-state index in [1.807, 2.05) is 6.92 Å². The molecule has 13 heteroatoms. The van der Waals surface area contributed by atoms with Crippen molar-refractivity contribution in [2.45, 2.75) is 57.3 Å². The average Bonchev–Trinajstić information content (AvgIpc) is 3.62. The van der Waals surface area contributed by atoms with Crippen molar-refractivity contribution in [2.75, 3.05) is 5.32 Å². The zero-order valence-corrected chi connectivity index (χ0v) is 23.8. The maximum atomic E-state index is 16.0. The molecular formula is C29H24ClF8N3S. The number of para-hydroxylation sites is 1. The lowest BCUT2D eigenvalue weighted by atomic mass is 10.0. The van der Waals surface area contributed by atoms with E-state index in [4.69, 9.17) is 11.6 Å². The number of benzene rings is 2. The Morgan fingerprint density at radius 1 is 1.10 bits per heavy atom. The number of nitrogens with one attached hydrogen (secondary N) is 1. The van der Waals surface area contributed by atoms with Gasteiger partial charge in [0.05, 0.1) is 27.5 Å². The molecule has 0 aliphatic heterocycles. The normalized spacial score (nSPS) is 15.9. The van der Waals surface area contributed by atoms with E-state index in [9.17, 15) is 30.7 Å². The Kier molecular flexibility index (Phi) is 9.17. The first kappa shape index (κ1) is 31.7. The Bertz CT molecular complexity index is 1550. The van der Waals surface area contributed by atoms with Crippen LogP contribution >= 0.6 is 22.9 Å². The number of alkyl halides is 6. The van der Waals surface area contributed by atoms with Crippen LogP contribution < -0.4 is 5.32 Å². The summed E-state index contributed by atoms with van der Waals surface area (Å²) in [6.45, 7) is 3.43. The van der Waals surface area contributed by atoms with Gasteiger partial charge in [0.15, 0.2) is 5.82 Å². The second kappa shape index (κ2) is 12.2. The molecule has 0 radical (unpaired) electrons. The van der Waals surface area contributed by atoms with E-state index < -0.39 is 46.3 Å². The van der Waals surface area contributed by atoms with E-state index in [0.717, 1.165) is 29.5 Å². The zero-order chi connectivity index (χ0) is 30.9. The quantitative estimate of drug-likeness (QED) is 0.145. The van der Waals surface area contributed by atoms with Gasteiger partial charge >= 0.3 is 12.4 Å². The second-order valence-electron chi connectivity index (χ2n) is 9.62. The number of thiazole rings is 1. The molecule has 0 atom stereocenters.